The molecule has 0 aromatic heterocycles. The first-order valence-corrected chi connectivity index (χ1v) is 17.0. The summed E-state index contributed by atoms with van der Waals surface area (Å²) in [5, 5.41) is 0.136. The molecule has 0 rings (SSSR count). The van der Waals surface area contributed by atoms with Gasteiger partial charge in [-0.1, -0.05) is 73.9 Å². The summed E-state index contributed by atoms with van der Waals surface area (Å²) in [5.41, 5.74) is 6.54. The van der Waals surface area contributed by atoms with Crippen molar-refractivity contribution in [3.63, 3.8) is 0 Å². The van der Waals surface area contributed by atoms with E-state index in [2.05, 4.69) is 99.4 Å². The van der Waals surface area contributed by atoms with Gasteiger partial charge < -0.3 is 9.16 Å². The van der Waals surface area contributed by atoms with E-state index in [1.54, 1.807) is 0 Å². The lowest BCUT2D eigenvalue weighted by molar-refractivity contribution is -0.145. The van der Waals surface area contributed by atoms with Crippen molar-refractivity contribution in [1.29, 1.82) is 0 Å². The van der Waals surface area contributed by atoms with Crippen LogP contribution in [0, 0.1) is 0 Å². The van der Waals surface area contributed by atoms with Crippen molar-refractivity contribution in [2.75, 3.05) is 6.61 Å². The Bertz CT molecular complexity index is 830. The molecule has 0 bridgehead atoms. The predicted octanol–water partition coefficient (Wildman–Crippen LogP) is 10.4. The van der Waals surface area contributed by atoms with E-state index in [1.807, 2.05) is 0 Å². The Balaban J connectivity index is 4.61. The first-order chi connectivity index (χ1) is 17.0. The minimum absolute atomic E-state index is 0.136. The van der Waals surface area contributed by atoms with E-state index in [9.17, 15) is 4.79 Å². The van der Waals surface area contributed by atoms with Crippen LogP contribution >= 0.6 is 0 Å². The molecule has 37 heavy (non-hydrogen) atoms. The monoisotopic (exact) mass is 530 g/mol. The van der Waals surface area contributed by atoms with Gasteiger partial charge in [0.05, 0.1) is 6.61 Å². The van der Waals surface area contributed by atoms with Crippen molar-refractivity contribution in [1.82, 2.24) is 0 Å². The van der Waals surface area contributed by atoms with E-state index in [4.69, 9.17) is 9.16 Å². The molecule has 0 aliphatic rings. The SMILES string of the molecule is C=C(CO[Si](C)(C)C(C)(C)C)C(CC/C(C)=C/CC/C=C(\C)CC/C=C(\C)CCC=C(C)C)OC(C)=O. The molecular weight excluding hydrogens is 472 g/mol. The molecule has 1 unspecified atom stereocenters. The maximum atomic E-state index is 11.7. The Morgan fingerprint density at radius 1 is 0.784 bits per heavy atom. The van der Waals surface area contributed by atoms with Gasteiger partial charge in [-0.05, 0) is 110 Å². The van der Waals surface area contributed by atoms with Gasteiger partial charge in [0.15, 0.2) is 8.32 Å². The quantitative estimate of drug-likeness (QED) is 0.0812. The summed E-state index contributed by atoms with van der Waals surface area (Å²) in [6, 6.07) is 0. The Hall–Kier alpha value is -1.65. The number of unbranched alkanes of at least 4 members (excludes halogenated alkanes) is 1. The third kappa shape index (κ3) is 17.5. The van der Waals surface area contributed by atoms with E-state index < -0.39 is 8.32 Å². The van der Waals surface area contributed by atoms with Crippen LogP contribution in [0.3, 0.4) is 0 Å². The lowest BCUT2D eigenvalue weighted by atomic mass is 10.0. The molecule has 0 aromatic carbocycles. The van der Waals surface area contributed by atoms with E-state index >= 15 is 0 Å². The molecule has 3 nitrogen and oxygen atoms in total. The standard InChI is InChI=1S/C33H58O3Si/c1-26(2)17-15-20-28(4)22-16-21-27(3)18-13-14-19-29(5)23-24-32(36-31(7)34)30(6)25-35-37(11,12)33(8,9)10/h17-19,22,32H,6,13-16,20-21,23-25H2,1-5,7-12H3/b27-18+,28-22+,29-19+. The molecule has 1 atom stereocenters. The third-order valence-corrected chi connectivity index (χ3v) is 11.7. The minimum Gasteiger partial charge on any atom is -0.458 e. The van der Waals surface area contributed by atoms with Crippen molar-refractivity contribution < 1.29 is 14.0 Å². The molecular formula is C33H58O3Si. The summed E-state index contributed by atoms with van der Waals surface area (Å²) < 4.78 is 11.9. The van der Waals surface area contributed by atoms with E-state index in [0.717, 1.165) is 56.9 Å². The molecule has 0 amide bonds. The van der Waals surface area contributed by atoms with Gasteiger partial charge in [-0.15, -0.1) is 0 Å². The summed E-state index contributed by atoms with van der Waals surface area (Å²) in [7, 11) is -1.88. The van der Waals surface area contributed by atoms with Gasteiger partial charge in [-0.3, -0.25) is 4.79 Å². The molecule has 0 aliphatic carbocycles. The van der Waals surface area contributed by atoms with Crippen LogP contribution in [-0.2, 0) is 14.0 Å². The number of rotatable bonds is 17. The summed E-state index contributed by atoms with van der Waals surface area (Å²) >= 11 is 0. The van der Waals surface area contributed by atoms with Crippen molar-refractivity contribution >= 4 is 14.3 Å². The maximum absolute atomic E-state index is 11.7. The lowest BCUT2D eigenvalue weighted by Gasteiger charge is -2.36. The zero-order valence-corrected chi connectivity index (χ0v) is 27.2. The fraction of sp³-hybridized carbons (Fsp3) is 0.667. The first kappa shape index (κ1) is 35.3. The van der Waals surface area contributed by atoms with Crippen molar-refractivity contribution in [3.05, 3.63) is 58.7 Å². The van der Waals surface area contributed by atoms with E-state index in [1.165, 1.54) is 29.2 Å². The Labute approximate surface area is 231 Å². The fourth-order valence-electron chi connectivity index (χ4n) is 3.59. The number of esters is 1. The number of carbonyl (C=O) groups is 1. The molecule has 0 spiro atoms. The highest BCUT2D eigenvalue weighted by atomic mass is 28.4. The molecule has 0 aliphatic heterocycles. The highest BCUT2D eigenvalue weighted by Crippen LogP contribution is 2.37. The normalized spacial score (nSPS) is 14.4. The van der Waals surface area contributed by atoms with Crippen molar-refractivity contribution in [2.45, 2.75) is 138 Å². The van der Waals surface area contributed by atoms with Crippen LogP contribution in [-0.4, -0.2) is 27.0 Å². The molecule has 0 saturated carbocycles. The second-order valence-corrected chi connectivity index (χ2v) is 17.2. The summed E-state index contributed by atoms with van der Waals surface area (Å²) in [6.45, 7) is 28.2. The van der Waals surface area contributed by atoms with E-state index in [0.29, 0.717) is 6.61 Å². The van der Waals surface area contributed by atoms with E-state index in [-0.39, 0.29) is 17.1 Å². The Morgan fingerprint density at radius 2 is 1.24 bits per heavy atom. The van der Waals surface area contributed by atoms with Gasteiger partial charge in [0.1, 0.15) is 6.10 Å². The van der Waals surface area contributed by atoms with Gasteiger partial charge >= 0.3 is 5.97 Å². The van der Waals surface area contributed by atoms with Gasteiger partial charge in [-0.2, -0.15) is 0 Å². The van der Waals surface area contributed by atoms with Crippen LogP contribution in [0.2, 0.25) is 18.1 Å². The average molecular weight is 531 g/mol. The molecule has 0 heterocycles. The van der Waals surface area contributed by atoms with Crippen LogP contribution in [0.5, 0.6) is 0 Å². The first-order valence-electron chi connectivity index (χ1n) is 14.1. The van der Waals surface area contributed by atoms with Gasteiger partial charge in [0, 0.05) is 6.92 Å². The molecule has 0 aromatic rings. The highest BCUT2D eigenvalue weighted by molar-refractivity contribution is 6.74. The van der Waals surface area contributed by atoms with Crippen molar-refractivity contribution in [3.8, 4) is 0 Å². The van der Waals surface area contributed by atoms with Gasteiger partial charge in [-0.25, -0.2) is 0 Å². The highest BCUT2D eigenvalue weighted by Gasteiger charge is 2.37. The molecule has 4 heteroatoms. The Morgan fingerprint density at radius 3 is 1.70 bits per heavy atom. The third-order valence-electron chi connectivity index (χ3n) is 7.26. The predicted molar refractivity (Wildman–Crippen MR) is 165 cm³/mol. The van der Waals surface area contributed by atoms with Crippen LogP contribution in [0.1, 0.15) is 114 Å². The largest absolute Gasteiger partial charge is 0.458 e. The van der Waals surface area contributed by atoms with Crippen molar-refractivity contribution in [2.24, 2.45) is 0 Å². The topological polar surface area (TPSA) is 35.5 Å². The number of hydrogen-bond acceptors (Lipinski definition) is 3. The van der Waals surface area contributed by atoms with Gasteiger partial charge in [0.25, 0.3) is 0 Å². The zero-order chi connectivity index (χ0) is 28.6. The number of hydrogen-bond donors (Lipinski definition) is 0. The van der Waals surface area contributed by atoms with Crippen LogP contribution in [0.25, 0.3) is 0 Å². The van der Waals surface area contributed by atoms with Crippen LogP contribution in [0.4, 0.5) is 0 Å². The number of allylic oxidation sites excluding steroid dienone is 8. The van der Waals surface area contributed by atoms with Crippen LogP contribution < -0.4 is 0 Å². The smallest absolute Gasteiger partial charge is 0.303 e. The lowest BCUT2D eigenvalue weighted by Crippen LogP contribution is -2.41. The maximum Gasteiger partial charge on any atom is 0.303 e. The fourth-order valence-corrected chi connectivity index (χ4v) is 4.57. The summed E-state index contributed by atoms with van der Waals surface area (Å²) in [5.74, 6) is -0.265. The second-order valence-electron chi connectivity index (χ2n) is 12.4. The van der Waals surface area contributed by atoms with Gasteiger partial charge in [0.2, 0.25) is 0 Å². The molecule has 212 valence electrons. The second kappa shape index (κ2) is 17.8. The molecule has 0 fully saturated rings. The number of carbonyl (C=O) groups excluding carboxylic acids is 1. The number of ether oxygens (including phenoxy) is 1. The molecule has 0 N–H and O–H groups in total. The Kier molecular flexibility index (Phi) is 17.0. The summed E-state index contributed by atoms with van der Waals surface area (Å²) in [6.07, 6.45) is 17.4. The zero-order valence-electron chi connectivity index (χ0n) is 26.2. The van der Waals surface area contributed by atoms with Crippen LogP contribution in [0.15, 0.2) is 58.7 Å². The molecule has 0 saturated heterocycles. The minimum atomic E-state index is -1.88. The molecule has 0 radical (unpaired) electrons. The average Bonchev–Trinajstić information content (AvgIpc) is 2.76. The summed E-state index contributed by atoms with van der Waals surface area (Å²) in [4.78, 5) is 11.7.